The van der Waals surface area contributed by atoms with Crippen LogP contribution < -0.4 is 20.5 Å². The average molecular weight is 313 g/mol. The van der Waals surface area contributed by atoms with Crippen molar-refractivity contribution < 1.29 is 9.47 Å². The van der Waals surface area contributed by atoms with Gasteiger partial charge in [0, 0.05) is 11.8 Å². The summed E-state index contributed by atoms with van der Waals surface area (Å²) in [5.41, 5.74) is 8.08. The van der Waals surface area contributed by atoms with Crippen molar-refractivity contribution >= 4 is 11.6 Å². The zero-order valence-electron chi connectivity index (χ0n) is 13.6. The van der Waals surface area contributed by atoms with Gasteiger partial charge in [0.25, 0.3) is 0 Å². The number of nitrogens with two attached hydrogens (primary N) is 1. The number of methoxy groups -OCH3 is 1. The summed E-state index contributed by atoms with van der Waals surface area (Å²) >= 11 is 0. The van der Waals surface area contributed by atoms with Crippen LogP contribution in [0.5, 0.6) is 11.5 Å². The zero-order valence-corrected chi connectivity index (χ0v) is 13.6. The summed E-state index contributed by atoms with van der Waals surface area (Å²) in [6.45, 7) is 3.05. The van der Waals surface area contributed by atoms with E-state index in [1.54, 1.807) is 7.11 Å². The van der Waals surface area contributed by atoms with Crippen molar-refractivity contribution in [3.05, 3.63) is 54.1 Å². The quantitative estimate of drug-likeness (QED) is 0.468. The highest BCUT2D eigenvalue weighted by molar-refractivity contribution is 5.92. The first-order valence-corrected chi connectivity index (χ1v) is 7.64. The molecule has 0 bridgehead atoms. The van der Waals surface area contributed by atoms with Gasteiger partial charge in [-0.15, -0.1) is 0 Å². The van der Waals surface area contributed by atoms with Crippen LogP contribution in [0.1, 0.15) is 12.5 Å². The Morgan fingerprint density at radius 1 is 1.13 bits per heavy atom. The number of ether oxygens (including phenoxy) is 2. The van der Waals surface area contributed by atoms with E-state index in [-0.39, 0.29) is 0 Å². The molecular formula is C18H23N3O2. The third-order valence-corrected chi connectivity index (χ3v) is 3.32. The number of rotatable bonds is 7. The van der Waals surface area contributed by atoms with E-state index in [0.717, 1.165) is 23.6 Å². The van der Waals surface area contributed by atoms with Gasteiger partial charge in [-0.2, -0.15) is 0 Å². The molecule has 0 aliphatic rings. The Morgan fingerprint density at radius 3 is 2.57 bits per heavy atom. The summed E-state index contributed by atoms with van der Waals surface area (Å²) in [7, 11) is 1.63. The molecule has 0 amide bonds. The van der Waals surface area contributed by atoms with E-state index in [4.69, 9.17) is 15.2 Å². The average Bonchev–Trinajstić information content (AvgIpc) is 2.59. The van der Waals surface area contributed by atoms with Crippen molar-refractivity contribution in [2.75, 3.05) is 25.6 Å². The first-order valence-electron chi connectivity index (χ1n) is 7.64. The molecule has 122 valence electrons. The maximum Gasteiger partial charge on any atom is 0.193 e. The molecule has 2 aromatic carbocycles. The minimum atomic E-state index is 0.378. The van der Waals surface area contributed by atoms with E-state index >= 15 is 0 Å². The normalized spacial score (nSPS) is 11.1. The molecule has 0 aliphatic carbocycles. The van der Waals surface area contributed by atoms with Crippen LogP contribution in [-0.4, -0.2) is 26.2 Å². The lowest BCUT2D eigenvalue weighted by molar-refractivity contribution is 0.325. The molecule has 3 N–H and O–H groups in total. The maximum absolute atomic E-state index is 5.86. The lowest BCUT2D eigenvalue weighted by atomic mass is 10.1. The number of anilines is 1. The first kappa shape index (κ1) is 16.7. The summed E-state index contributed by atoms with van der Waals surface area (Å²) in [6.07, 6.45) is 1.02. The molecule has 2 aromatic rings. The molecule has 0 unspecified atom stereocenters. The van der Waals surface area contributed by atoms with Gasteiger partial charge in [-0.05, 0) is 36.2 Å². The van der Waals surface area contributed by atoms with Crippen molar-refractivity contribution in [2.45, 2.75) is 13.3 Å². The predicted octanol–water partition coefficient (Wildman–Crippen LogP) is 3.06. The minimum Gasteiger partial charge on any atom is -0.497 e. The highest BCUT2D eigenvalue weighted by Gasteiger charge is 1.98. The highest BCUT2D eigenvalue weighted by Crippen LogP contribution is 2.18. The standard InChI is InChI=1S/C18H23N3O2/c1-3-14-7-9-15(10-8-14)21-18(19)20-11-12-23-17-6-4-5-16(13-17)22-2/h4-10,13H,3,11-12H2,1-2H3,(H3,19,20,21). The van der Waals surface area contributed by atoms with Gasteiger partial charge in [0.2, 0.25) is 0 Å². The van der Waals surface area contributed by atoms with Crippen LogP contribution >= 0.6 is 0 Å². The van der Waals surface area contributed by atoms with Crippen molar-refractivity contribution in [1.29, 1.82) is 0 Å². The molecule has 0 saturated heterocycles. The predicted molar refractivity (Wildman–Crippen MR) is 94.4 cm³/mol. The van der Waals surface area contributed by atoms with E-state index in [2.05, 4.69) is 29.4 Å². The van der Waals surface area contributed by atoms with Crippen LogP contribution in [0, 0.1) is 0 Å². The molecule has 23 heavy (non-hydrogen) atoms. The second kappa shape index (κ2) is 8.68. The molecule has 0 fully saturated rings. The molecule has 0 atom stereocenters. The lowest BCUT2D eigenvalue weighted by Crippen LogP contribution is -2.23. The van der Waals surface area contributed by atoms with Gasteiger partial charge in [0.15, 0.2) is 5.96 Å². The summed E-state index contributed by atoms with van der Waals surface area (Å²) in [5, 5.41) is 3.06. The molecular weight excluding hydrogens is 290 g/mol. The van der Waals surface area contributed by atoms with Gasteiger partial charge in [0.1, 0.15) is 18.1 Å². The molecule has 0 aliphatic heterocycles. The number of aliphatic imine (C=N–C) groups is 1. The number of benzene rings is 2. The third-order valence-electron chi connectivity index (χ3n) is 3.32. The highest BCUT2D eigenvalue weighted by atomic mass is 16.5. The van der Waals surface area contributed by atoms with Crippen molar-refractivity contribution in [3.63, 3.8) is 0 Å². The van der Waals surface area contributed by atoms with E-state index in [0.29, 0.717) is 19.1 Å². The van der Waals surface area contributed by atoms with E-state index < -0.39 is 0 Å². The van der Waals surface area contributed by atoms with E-state index in [9.17, 15) is 0 Å². The molecule has 5 nitrogen and oxygen atoms in total. The molecule has 0 radical (unpaired) electrons. The molecule has 5 heteroatoms. The SMILES string of the molecule is CCc1ccc(NC(N)=NCCOc2cccc(OC)c2)cc1. The van der Waals surface area contributed by atoms with Gasteiger partial charge in [-0.1, -0.05) is 25.1 Å². The third kappa shape index (κ3) is 5.54. The van der Waals surface area contributed by atoms with Gasteiger partial charge in [-0.25, -0.2) is 4.99 Å². The summed E-state index contributed by atoms with van der Waals surface area (Å²) in [4.78, 5) is 4.25. The largest absolute Gasteiger partial charge is 0.497 e. The topological polar surface area (TPSA) is 68.9 Å². The number of aryl methyl sites for hydroxylation is 1. The Bertz CT molecular complexity index is 639. The van der Waals surface area contributed by atoms with Crippen LogP contribution in [0.4, 0.5) is 5.69 Å². The first-order chi connectivity index (χ1) is 11.2. The summed E-state index contributed by atoms with van der Waals surface area (Å²) in [5.74, 6) is 1.90. The Balaban J connectivity index is 1.77. The monoisotopic (exact) mass is 313 g/mol. The fourth-order valence-corrected chi connectivity index (χ4v) is 2.03. The number of hydrogen-bond acceptors (Lipinski definition) is 3. The second-order valence-electron chi connectivity index (χ2n) is 4.97. The number of hydrogen-bond donors (Lipinski definition) is 2. The fourth-order valence-electron chi connectivity index (χ4n) is 2.03. The smallest absolute Gasteiger partial charge is 0.193 e. The molecule has 2 rings (SSSR count). The minimum absolute atomic E-state index is 0.378. The molecule has 0 aromatic heterocycles. The molecule has 0 saturated carbocycles. The Kier molecular flexibility index (Phi) is 6.29. The van der Waals surface area contributed by atoms with E-state index in [1.165, 1.54) is 5.56 Å². The van der Waals surface area contributed by atoms with Crippen LogP contribution in [0.3, 0.4) is 0 Å². The van der Waals surface area contributed by atoms with Crippen molar-refractivity contribution in [1.82, 2.24) is 0 Å². The Morgan fingerprint density at radius 2 is 1.87 bits per heavy atom. The molecule has 0 spiro atoms. The zero-order chi connectivity index (χ0) is 16.5. The van der Waals surface area contributed by atoms with Gasteiger partial charge >= 0.3 is 0 Å². The van der Waals surface area contributed by atoms with Gasteiger partial charge in [0.05, 0.1) is 13.7 Å². The van der Waals surface area contributed by atoms with Crippen LogP contribution in [0.15, 0.2) is 53.5 Å². The Hall–Kier alpha value is -2.69. The van der Waals surface area contributed by atoms with Gasteiger partial charge < -0.3 is 20.5 Å². The number of guanidine groups is 1. The van der Waals surface area contributed by atoms with E-state index in [1.807, 2.05) is 36.4 Å². The number of nitrogens with zero attached hydrogens (tertiary/aromatic N) is 1. The van der Waals surface area contributed by atoms with Crippen LogP contribution in [0.25, 0.3) is 0 Å². The van der Waals surface area contributed by atoms with Gasteiger partial charge in [-0.3, -0.25) is 0 Å². The van der Waals surface area contributed by atoms with Crippen molar-refractivity contribution in [2.24, 2.45) is 10.7 Å². The Labute approximate surface area is 137 Å². The maximum atomic E-state index is 5.86. The number of nitrogens with one attached hydrogen (secondary N) is 1. The fraction of sp³-hybridized carbons (Fsp3) is 0.278. The lowest BCUT2D eigenvalue weighted by Gasteiger charge is -2.08. The molecule has 0 heterocycles. The van der Waals surface area contributed by atoms with Crippen LogP contribution in [-0.2, 0) is 6.42 Å². The van der Waals surface area contributed by atoms with Crippen molar-refractivity contribution in [3.8, 4) is 11.5 Å². The summed E-state index contributed by atoms with van der Waals surface area (Å²) in [6, 6.07) is 15.6. The second-order valence-corrected chi connectivity index (χ2v) is 4.97. The van der Waals surface area contributed by atoms with Crippen LogP contribution in [0.2, 0.25) is 0 Å². The summed E-state index contributed by atoms with van der Waals surface area (Å²) < 4.78 is 10.8.